The van der Waals surface area contributed by atoms with Crippen LogP contribution in [0.15, 0.2) is 18.2 Å². The van der Waals surface area contributed by atoms with Crippen LogP contribution in [0.2, 0.25) is 0 Å². The van der Waals surface area contributed by atoms with E-state index in [9.17, 15) is 0 Å². The second-order valence-electron chi connectivity index (χ2n) is 4.56. The molecular weight excluding hydrogens is 230 g/mol. The molecule has 2 rings (SSSR count). The highest BCUT2D eigenvalue weighted by atomic mass is 32.2. The molecule has 2 atom stereocenters. The zero-order valence-electron chi connectivity index (χ0n) is 10.8. The third kappa shape index (κ3) is 2.78. The van der Waals surface area contributed by atoms with Crippen LogP contribution in [0, 0.1) is 6.92 Å². The van der Waals surface area contributed by atoms with Gasteiger partial charge in [-0.3, -0.25) is 0 Å². The molecule has 0 spiro atoms. The van der Waals surface area contributed by atoms with Crippen LogP contribution >= 0.6 is 11.8 Å². The Balaban J connectivity index is 2.31. The van der Waals surface area contributed by atoms with E-state index in [0.717, 1.165) is 5.75 Å². The van der Waals surface area contributed by atoms with Gasteiger partial charge in [0.2, 0.25) is 0 Å². The number of thioether (sulfide) groups is 1. The fourth-order valence-electron chi connectivity index (χ4n) is 2.50. The lowest BCUT2D eigenvalue weighted by Gasteiger charge is -2.25. The van der Waals surface area contributed by atoms with Crippen LogP contribution < -0.4 is 10.1 Å². The van der Waals surface area contributed by atoms with Crippen molar-refractivity contribution in [3.63, 3.8) is 0 Å². The molecule has 94 valence electrons. The molecule has 1 aliphatic heterocycles. The molecule has 17 heavy (non-hydrogen) atoms. The largest absolute Gasteiger partial charge is 0.496 e. The van der Waals surface area contributed by atoms with E-state index in [1.165, 1.54) is 29.7 Å². The number of hydrogen-bond acceptors (Lipinski definition) is 3. The van der Waals surface area contributed by atoms with Gasteiger partial charge in [-0.2, -0.15) is 11.8 Å². The first-order valence-electron chi connectivity index (χ1n) is 6.19. The first-order valence-corrected chi connectivity index (χ1v) is 7.24. The second-order valence-corrected chi connectivity index (χ2v) is 5.91. The Bertz CT molecular complexity index is 374. The molecule has 0 saturated carbocycles. The fourth-order valence-corrected chi connectivity index (χ4v) is 3.95. The highest BCUT2D eigenvalue weighted by Crippen LogP contribution is 2.39. The molecule has 1 aromatic rings. The van der Waals surface area contributed by atoms with Crippen molar-refractivity contribution in [1.82, 2.24) is 5.32 Å². The van der Waals surface area contributed by atoms with Crippen LogP contribution in [0.1, 0.15) is 30.0 Å². The van der Waals surface area contributed by atoms with E-state index in [1.54, 1.807) is 7.11 Å². The van der Waals surface area contributed by atoms with Gasteiger partial charge in [-0.1, -0.05) is 17.7 Å². The smallest absolute Gasteiger partial charge is 0.123 e. The van der Waals surface area contributed by atoms with E-state index in [-0.39, 0.29) is 0 Å². The Hall–Kier alpha value is -0.670. The maximum atomic E-state index is 5.49. The maximum Gasteiger partial charge on any atom is 0.123 e. The van der Waals surface area contributed by atoms with Gasteiger partial charge in [0.25, 0.3) is 0 Å². The predicted molar refractivity (Wildman–Crippen MR) is 75.0 cm³/mol. The fraction of sp³-hybridized carbons (Fsp3) is 0.571. The molecule has 2 unspecified atom stereocenters. The van der Waals surface area contributed by atoms with Gasteiger partial charge in [-0.05, 0) is 38.6 Å². The minimum absolute atomic E-state index is 0.400. The van der Waals surface area contributed by atoms with Gasteiger partial charge in [0.15, 0.2) is 0 Å². The molecular formula is C14H21NOS. The molecule has 0 radical (unpaired) electrons. The normalized spacial score (nSPS) is 21.5. The summed E-state index contributed by atoms with van der Waals surface area (Å²) in [7, 11) is 3.80. The molecule has 0 aliphatic carbocycles. The lowest BCUT2D eigenvalue weighted by molar-refractivity contribution is 0.399. The third-order valence-corrected chi connectivity index (χ3v) is 4.83. The average molecular weight is 251 g/mol. The summed E-state index contributed by atoms with van der Waals surface area (Å²) in [6.45, 7) is 2.14. The molecule has 1 aliphatic rings. The van der Waals surface area contributed by atoms with E-state index < -0.39 is 0 Å². The number of rotatable bonds is 4. The Kier molecular flexibility index (Phi) is 4.35. The Morgan fingerprint density at radius 3 is 2.88 bits per heavy atom. The van der Waals surface area contributed by atoms with Crippen molar-refractivity contribution in [3.8, 4) is 5.75 Å². The molecule has 1 N–H and O–H groups in total. The molecule has 0 amide bonds. The van der Waals surface area contributed by atoms with E-state index in [1.807, 2.05) is 7.05 Å². The van der Waals surface area contributed by atoms with Gasteiger partial charge in [-0.25, -0.2) is 0 Å². The lowest BCUT2D eigenvalue weighted by Crippen LogP contribution is -2.26. The first-order chi connectivity index (χ1) is 8.26. The molecule has 1 aromatic carbocycles. The zero-order chi connectivity index (χ0) is 12.3. The van der Waals surface area contributed by atoms with Crippen molar-refractivity contribution < 1.29 is 4.74 Å². The lowest BCUT2D eigenvalue weighted by atomic mass is 9.98. The summed E-state index contributed by atoms with van der Waals surface area (Å²) in [6.07, 6.45) is 2.63. The predicted octanol–water partition coefficient (Wildman–Crippen LogP) is 3.16. The van der Waals surface area contributed by atoms with Crippen molar-refractivity contribution in [1.29, 1.82) is 0 Å². The van der Waals surface area contributed by atoms with Gasteiger partial charge in [0, 0.05) is 16.9 Å². The summed E-state index contributed by atoms with van der Waals surface area (Å²) < 4.78 is 5.49. The van der Waals surface area contributed by atoms with Crippen LogP contribution in [-0.2, 0) is 0 Å². The van der Waals surface area contributed by atoms with E-state index in [2.05, 4.69) is 42.2 Å². The van der Waals surface area contributed by atoms with E-state index in [4.69, 9.17) is 4.74 Å². The number of aryl methyl sites for hydroxylation is 1. The third-order valence-electron chi connectivity index (χ3n) is 3.37. The molecule has 1 fully saturated rings. The second kappa shape index (κ2) is 5.78. The van der Waals surface area contributed by atoms with Crippen LogP contribution in [0.25, 0.3) is 0 Å². The zero-order valence-corrected chi connectivity index (χ0v) is 11.6. The van der Waals surface area contributed by atoms with Gasteiger partial charge in [0.05, 0.1) is 7.11 Å². The topological polar surface area (TPSA) is 21.3 Å². The number of hydrogen-bond donors (Lipinski definition) is 1. The van der Waals surface area contributed by atoms with Crippen molar-refractivity contribution in [2.45, 2.75) is 31.1 Å². The standard InChI is InChI=1S/C14H21NOS/c1-10-6-7-12(16-3)11(9-10)14(15-2)13-5-4-8-17-13/h6-7,9,13-15H,4-5,8H2,1-3H3. The van der Waals surface area contributed by atoms with Gasteiger partial charge in [-0.15, -0.1) is 0 Å². The summed E-state index contributed by atoms with van der Waals surface area (Å²) in [6, 6.07) is 6.84. The monoisotopic (exact) mass is 251 g/mol. The Morgan fingerprint density at radius 2 is 2.29 bits per heavy atom. The van der Waals surface area contributed by atoms with Gasteiger partial charge < -0.3 is 10.1 Å². The summed E-state index contributed by atoms with van der Waals surface area (Å²) in [4.78, 5) is 0. The minimum atomic E-state index is 0.400. The molecule has 0 bridgehead atoms. The first kappa shape index (κ1) is 12.8. The highest BCUT2D eigenvalue weighted by Gasteiger charge is 2.27. The molecule has 0 aromatic heterocycles. The SMILES string of the molecule is CNC(c1cc(C)ccc1OC)C1CCCS1. The summed E-state index contributed by atoms with van der Waals surface area (Å²) in [5.41, 5.74) is 2.60. The number of methoxy groups -OCH3 is 1. The number of ether oxygens (including phenoxy) is 1. The summed E-state index contributed by atoms with van der Waals surface area (Å²) in [5.74, 6) is 2.29. The summed E-state index contributed by atoms with van der Waals surface area (Å²) >= 11 is 2.08. The van der Waals surface area contributed by atoms with Crippen LogP contribution in [0.5, 0.6) is 5.75 Å². The Morgan fingerprint density at radius 1 is 1.47 bits per heavy atom. The van der Waals surface area contributed by atoms with E-state index >= 15 is 0 Å². The average Bonchev–Trinajstić information content (AvgIpc) is 2.84. The van der Waals surface area contributed by atoms with Gasteiger partial charge >= 0.3 is 0 Å². The van der Waals surface area contributed by atoms with E-state index in [0.29, 0.717) is 11.3 Å². The minimum Gasteiger partial charge on any atom is -0.496 e. The van der Waals surface area contributed by atoms with Crippen molar-refractivity contribution in [2.24, 2.45) is 0 Å². The van der Waals surface area contributed by atoms with Gasteiger partial charge in [0.1, 0.15) is 5.75 Å². The van der Waals surface area contributed by atoms with Crippen molar-refractivity contribution in [2.75, 3.05) is 19.9 Å². The molecule has 1 saturated heterocycles. The maximum absolute atomic E-state index is 5.49. The summed E-state index contributed by atoms with van der Waals surface area (Å²) in [5, 5.41) is 4.14. The van der Waals surface area contributed by atoms with Crippen LogP contribution in [0.3, 0.4) is 0 Å². The molecule has 2 nitrogen and oxygen atoms in total. The van der Waals surface area contributed by atoms with Crippen LogP contribution in [-0.4, -0.2) is 25.2 Å². The van der Waals surface area contributed by atoms with Crippen molar-refractivity contribution in [3.05, 3.63) is 29.3 Å². The molecule has 3 heteroatoms. The molecule has 1 heterocycles. The number of benzene rings is 1. The van der Waals surface area contributed by atoms with Crippen molar-refractivity contribution >= 4 is 11.8 Å². The van der Waals surface area contributed by atoms with Crippen LogP contribution in [0.4, 0.5) is 0 Å². The quantitative estimate of drug-likeness (QED) is 0.888. The highest BCUT2D eigenvalue weighted by molar-refractivity contribution is 8.00. The number of nitrogens with one attached hydrogen (secondary N) is 1. The Labute approximate surface area is 108 Å².